The normalized spacial score (nSPS) is 10.6. The topological polar surface area (TPSA) is 123 Å². The highest BCUT2D eigenvalue weighted by Crippen LogP contribution is 2.28. The van der Waals surface area contributed by atoms with Gasteiger partial charge < -0.3 is 14.6 Å². The lowest BCUT2D eigenvalue weighted by Crippen LogP contribution is -2.01. The van der Waals surface area contributed by atoms with Crippen LogP contribution in [-0.4, -0.2) is 29.3 Å². The van der Waals surface area contributed by atoms with Crippen LogP contribution in [0.4, 0.5) is 11.4 Å². The van der Waals surface area contributed by atoms with Crippen LogP contribution in [0.3, 0.4) is 0 Å². The molecule has 0 radical (unpaired) electrons. The summed E-state index contributed by atoms with van der Waals surface area (Å²) in [5, 5.41) is 23.9. The molecule has 0 heterocycles. The Morgan fingerprint density at radius 3 is 2.58 bits per heavy atom. The van der Waals surface area contributed by atoms with Gasteiger partial charge in [0.05, 0.1) is 29.5 Å². The van der Waals surface area contributed by atoms with E-state index >= 15 is 0 Å². The van der Waals surface area contributed by atoms with E-state index in [0.717, 1.165) is 11.1 Å². The molecular formula is C22H19N3O6. The van der Waals surface area contributed by atoms with Crippen molar-refractivity contribution < 1.29 is 24.3 Å². The Morgan fingerprint density at radius 2 is 1.90 bits per heavy atom. The molecular weight excluding hydrogens is 402 g/mol. The first kappa shape index (κ1) is 21.3. The molecule has 9 nitrogen and oxygen atoms in total. The number of anilines is 1. The summed E-state index contributed by atoms with van der Waals surface area (Å²) in [6.07, 6.45) is 1.57. The second-order valence-corrected chi connectivity index (χ2v) is 6.38. The van der Waals surface area contributed by atoms with Crippen LogP contribution < -0.4 is 14.9 Å². The Bertz CT molecular complexity index is 1110. The molecule has 0 aliphatic carbocycles. The molecule has 0 bridgehead atoms. The van der Waals surface area contributed by atoms with Crippen molar-refractivity contribution in [1.82, 2.24) is 0 Å². The van der Waals surface area contributed by atoms with Crippen molar-refractivity contribution >= 4 is 23.6 Å². The maximum atomic E-state index is 11.1. The van der Waals surface area contributed by atoms with E-state index in [2.05, 4.69) is 10.5 Å². The minimum Gasteiger partial charge on any atom is -0.493 e. The number of methoxy groups -OCH3 is 1. The van der Waals surface area contributed by atoms with Crippen LogP contribution >= 0.6 is 0 Å². The summed E-state index contributed by atoms with van der Waals surface area (Å²) in [4.78, 5) is 21.3. The molecule has 0 unspecified atom stereocenters. The number of carboxylic acids is 1. The fraction of sp³-hybridized carbons (Fsp3) is 0.0909. The number of ether oxygens (including phenoxy) is 2. The second kappa shape index (κ2) is 9.88. The Hall–Kier alpha value is -4.40. The molecule has 0 aromatic heterocycles. The molecule has 0 saturated heterocycles. The number of nitrogens with zero attached hydrogens (tertiary/aromatic N) is 2. The molecule has 31 heavy (non-hydrogen) atoms. The minimum atomic E-state index is -0.995. The van der Waals surface area contributed by atoms with Gasteiger partial charge in [-0.15, -0.1) is 0 Å². The van der Waals surface area contributed by atoms with E-state index in [9.17, 15) is 14.9 Å². The van der Waals surface area contributed by atoms with Crippen molar-refractivity contribution in [1.29, 1.82) is 0 Å². The van der Waals surface area contributed by atoms with Gasteiger partial charge in [0.15, 0.2) is 11.5 Å². The van der Waals surface area contributed by atoms with Gasteiger partial charge in [-0.05, 0) is 53.6 Å². The van der Waals surface area contributed by atoms with E-state index in [0.29, 0.717) is 17.2 Å². The van der Waals surface area contributed by atoms with E-state index in [1.54, 1.807) is 54.7 Å². The first-order valence-electron chi connectivity index (χ1n) is 9.13. The quantitative estimate of drug-likeness (QED) is 0.299. The molecule has 9 heteroatoms. The summed E-state index contributed by atoms with van der Waals surface area (Å²) in [6.45, 7) is 0.187. The van der Waals surface area contributed by atoms with Crippen LogP contribution in [0, 0.1) is 10.1 Å². The maximum Gasteiger partial charge on any atom is 0.335 e. The minimum absolute atomic E-state index is 0.00421. The van der Waals surface area contributed by atoms with Crippen LogP contribution in [0.5, 0.6) is 11.5 Å². The van der Waals surface area contributed by atoms with Crippen LogP contribution in [0.25, 0.3) is 0 Å². The smallest absolute Gasteiger partial charge is 0.335 e. The number of aromatic carboxylic acids is 1. The molecule has 0 atom stereocenters. The van der Waals surface area contributed by atoms with Crippen molar-refractivity contribution in [3.8, 4) is 11.5 Å². The molecule has 2 N–H and O–H groups in total. The number of nitrogens with one attached hydrogen (secondary N) is 1. The summed E-state index contributed by atoms with van der Waals surface area (Å²) < 4.78 is 11.1. The van der Waals surface area contributed by atoms with Crippen molar-refractivity contribution in [3.05, 3.63) is 93.5 Å². The molecule has 0 spiro atoms. The maximum absolute atomic E-state index is 11.1. The Morgan fingerprint density at radius 1 is 1.13 bits per heavy atom. The average molecular weight is 421 g/mol. The highest BCUT2D eigenvalue weighted by atomic mass is 16.6. The first-order valence-corrected chi connectivity index (χ1v) is 9.13. The molecule has 0 aliphatic rings. The van der Waals surface area contributed by atoms with Gasteiger partial charge in [-0.25, -0.2) is 4.79 Å². The van der Waals surface area contributed by atoms with E-state index in [4.69, 9.17) is 14.6 Å². The van der Waals surface area contributed by atoms with Crippen LogP contribution in [0.15, 0.2) is 71.8 Å². The van der Waals surface area contributed by atoms with Crippen molar-refractivity contribution in [2.75, 3.05) is 12.5 Å². The van der Waals surface area contributed by atoms with Gasteiger partial charge in [0.2, 0.25) is 0 Å². The third-order valence-corrected chi connectivity index (χ3v) is 4.24. The number of nitro groups is 1. The van der Waals surface area contributed by atoms with Crippen LogP contribution in [0.1, 0.15) is 21.5 Å². The van der Waals surface area contributed by atoms with Gasteiger partial charge >= 0.3 is 5.97 Å². The van der Waals surface area contributed by atoms with E-state index in [-0.39, 0.29) is 17.9 Å². The largest absolute Gasteiger partial charge is 0.493 e. The fourth-order valence-electron chi connectivity index (χ4n) is 2.68. The number of hydrogen-bond donors (Lipinski definition) is 2. The number of rotatable bonds is 9. The standard InChI is InChI=1S/C22H19N3O6/c1-30-21-12-15(13-23-24-18-6-8-19(9-7-18)25(28)29)5-10-20(21)31-14-16-3-2-4-17(11-16)22(26)27/h2-13,24H,14H2,1H3,(H,26,27)/b23-13-. The van der Waals surface area contributed by atoms with Gasteiger partial charge in [0.25, 0.3) is 5.69 Å². The molecule has 3 aromatic carbocycles. The monoisotopic (exact) mass is 421 g/mol. The summed E-state index contributed by atoms with van der Waals surface area (Å²) >= 11 is 0. The summed E-state index contributed by atoms with van der Waals surface area (Å²) in [5.74, 6) is 0.00258. The number of hydrazone groups is 1. The zero-order chi connectivity index (χ0) is 22.2. The molecule has 158 valence electrons. The zero-order valence-corrected chi connectivity index (χ0v) is 16.5. The van der Waals surface area contributed by atoms with Crippen molar-refractivity contribution in [2.24, 2.45) is 5.10 Å². The molecule has 0 fully saturated rings. The van der Waals surface area contributed by atoms with Gasteiger partial charge in [0, 0.05) is 12.1 Å². The van der Waals surface area contributed by atoms with E-state index in [1.165, 1.54) is 25.3 Å². The highest BCUT2D eigenvalue weighted by molar-refractivity contribution is 5.87. The molecule has 3 aromatic rings. The number of nitro benzene ring substituents is 1. The fourth-order valence-corrected chi connectivity index (χ4v) is 2.68. The number of non-ortho nitro benzene ring substituents is 1. The Balaban J connectivity index is 1.63. The number of carboxylic acid groups (broad SMARTS) is 1. The first-order chi connectivity index (χ1) is 15.0. The highest BCUT2D eigenvalue weighted by Gasteiger charge is 2.08. The second-order valence-electron chi connectivity index (χ2n) is 6.38. The van der Waals surface area contributed by atoms with Gasteiger partial charge in [0.1, 0.15) is 6.61 Å². The number of benzene rings is 3. The lowest BCUT2D eigenvalue weighted by molar-refractivity contribution is -0.384. The molecule has 0 aliphatic heterocycles. The Kier molecular flexibility index (Phi) is 6.79. The van der Waals surface area contributed by atoms with E-state index in [1.807, 2.05) is 0 Å². The van der Waals surface area contributed by atoms with Crippen LogP contribution in [0.2, 0.25) is 0 Å². The van der Waals surface area contributed by atoms with Gasteiger partial charge in [-0.3, -0.25) is 15.5 Å². The van der Waals surface area contributed by atoms with E-state index < -0.39 is 10.9 Å². The van der Waals surface area contributed by atoms with Crippen LogP contribution in [-0.2, 0) is 6.61 Å². The predicted octanol–water partition coefficient (Wildman–Crippen LogP) is 4.33. The van der Waals surface area contributed by atoms with Crippen molar-refractivity contribution in [3.63, 3.8) is 0 Å². The number of hydrogen-bond acceptors (Lipinski definition) is 7. The summed E-state index contributed by atoms with van der Waals surface area (Å²) in [6, 6.07) is 17.7. The third kappa shape index (κ3) is 5.80. The van der Waals surface area contributed by atoms with Gasteiger partial charge in [-0.1, -0.05) is 12.1 Å². The number of carbonyl (C=O) groups is 1. The summed E-state index contributed by atoms with van der Waals surface area (Å²) in [5.41, 5.74) is 5.07. The Labute approximate surface area is 177 Å². The summed E-state index contributed by atoms with van der Waals surface area (Å²) in [7, 11) is 1.52. The molecule has 0 saturated carbocycles. The molecule has 3 rings (SSSR count). The van der Waals surface area contributed by atoms with Gasteiger partial charge in [-0.2, -0.15) is 5.10 Å². The zero-order valence-electron chi connectivity index (χ0n) is 16.5. The third-order valence-electron chi connectivity index (χ3n) is 4.24. The average Bonchev–Trinajstić information content (AvgIpc) is 2.78. The van der Waals surface area contributed by atoms with Crippen molar-refractivity contribution in [2.45, 2.75) is 6.61 Å². The lowest BCUT2D eigenvalue weighted by Gasteiger charge is -2.11. The lowest BCUT2D eigenvalue weighted by atomic mass is 10.1. The SMILES string of the molecule is COc1cc(/C=N\Nc2ccc([N+](=O)[O-])cc2)ccc1OCc1cccc(C(=O)O)c1. The molecule has 0 amide bonds. The predicted molar refractivity (Wildman–Crippen MR) is 115 cm³/mol.